The van der Waals surface area contributed by atoms with E-state index in [2.05, 4.69) is 4.98 Å². The molecule has 3 aliphatic rings. The Kier molecular flexibility index (Phi) is 5.48. The Morgan fingerprint density at radius 2 is 2.00 bits per heavy atom. The summed E-state index contributed by atoms with van der Waals surface area (Å²) in [5.74, 6) is 0.0217. The summed E-state index contributed by atoms with van der Waals surface area (Å²) in [5.41, 5.74) is -0.159. The van der Waals surface area contributed by atoms with Crippen LogP contribution >= 0.6 is 0 Å². The number of hydrogen-bond acceptors (Lipinski definition) is 4. The minimum absolute atomic E-state index is 0.0662. The first-order valence-corrected chi connectivity index (χ1v) is 10.1. The van der Waals surface area contributed by atoms with Gasteiger partial charge in [-0.25, -0.2) is 14.2 Å². The Balaban J connectivity index is 1.29. The highest BCUT2D eigenvalue weighted by molar-refractivity contribution is 5.74. The van der Waals surface area contributed by atoms with Crippen molar-refractivity contribution in [3.8, 4) is 5.88 Å². The van der Waals surface area contributed by atoms with Gasteiger partial charge in [-0.1, -0.05) is 0 Å². The monoisotopic (exact) mass is 377 g/mol. The van der Waals surface area contributed by atoms with Crippen LogP contribution < -0.4 is 4.74 Å². The van der Waals surface area contributed by atoms with Crippen molar-refractivity contribution in [1.82, 2.24) is 14.8 Å². The average molecular weight is 377 g/mol. The Bertz CT molecular complexity index is 658. The summed E-state index contributed by atoms with van der Waals surface area (Å²) in [7, 11) is 0. The van der Waals surface area contributed by atoms with E-state index in [4.69, 9.17) is 9.47 Å². The van der Waals surface area contributed by atoms with Crippen molar-refractivity contribution in [3.63, 3.8) is 0 Å². The lowest BCUT2D eigenvalue weighted by atomic mass is 9.78. The molecule has 0 saturated carbocycles. The molecule has 1 aromatic heterocycles. The van der Waals surface area contributed by atoms with Crippen molar-refractivity contribution in [1.29, 1.82) is 0 Å². The third-order valence-corrected chi connectivity index (χ3v) is 6.29. The maximum atomic E-state index is 13.6. The summed E-state index contributed by atoms with van der Waals surface area (Å²) >= 11 is 0. The SMILES string of the molecule is O=C(N1CCCC1)N1CCC2(CC1)OCCC2CCOc1ncccc1F. The third-order valence-electron chi connectivity index (χ3n) is 6.29. The van der Waals surface area contributed by atoms with E-state index in [1.807, 2.05) is 9.80 Å². The Morgan fingerprint density at radius 3 is 2.74 bits per heavy atom. The number of carbonyl (C=O) groups excluding carboxylic acids is 1. The van der Waals surface area contributed by atoms with Gasteiger partial charge < -0.3 is 19.3 Å². The zero-order chi connectivity index (χ0) is 18.7. The number of rotatable bonds is 4. The van der Waals surface area contributed by atoms with Crippen molar-refractivity contribution in [2.24, 2.45) is 5.92 Å². The van der Waals surface area contributed by atoms with E-state index >= 15 is 0 Å². The molecule has 0 aliphatic carbocycles. The van der Waals surface area contributed by atoms with Gasteiger partial charge in [0.05, 0.1) is 12.2 Å². The smallest absolute Gasteiger partial charge is 0.320 e. The number of pyridine rings is 1. The molecule has 4 rings (SSSR count). The number of halogens is 1. The molecule has 0 bridgehead atoms. The molecule has 0 aromatic carbocycles. The average Bonchev–Trinajstić information content (AvgIpc) is 3.35. The summed E-state index contributed by atoms with van der Waals surface area (Å²) in [6, 6.07) is 3.10. The normalized spacial score (nSPS) is 24.6. The summed E-state index contributed by atoms with van der Waals surface area (Å²) < 4.78 is 25.4. The number of piperidine rings is 1. The predicted octanol–water partition coefficient (Wildman–Crippen LogP) is 3.08. The zero-order valence-corrected chi connectivity index (χ0v) is 15.7. The molecular weight excluding hydrogens is 349 g/mol. The van der Waals surface area contributed by atoms with Crippen LogP contribution in [0.1, 0.15) is 38.5 Å². The lowest BCUT2D eigenvalue weighted by Gasteiger charge is -2.43. The van der Waals surface area contributed by atoms with Gasteiger partial charge in [-0.2, -0.15) is 0 Å². The highest BCUT2D eigenvalue weighted by Gasteiger charge is 2.46. The summed E-state index contributed by atoms with van der Waals surface area (Å²) in [6.45, 7) is 4.47. The molecule has 0 radical (unpaired) electrons. The number of likely N-dealkylation sites (tertiary alicyclic amines) is 2. The highest BCUT2D eigenvalue weighted by Crippen LogP contribution is 2.42. The Labute approximate surface area is 159 Å². The molecule has 1 unspecified atom stereocenters. The molecule has 3 fully saturated rings. The first-order chi connectivity index (χ1) is 13.2. The van der Waals surface area contributed by atoms with Crippen molar-refractivity contribution >= 4 is 6.03 Å². The maximum absolute atomic E-state index is 13.6. The van der Waals surface area contributed by atoms with Crippen LogP contribution in [-0.4, -0.2) is 65.8 Å². The fourth-order valence-corrected chi connectivity index (χ4v) is 4.71. The van der Waals surface area contributed by atoms with Gasteiger partial charge in [-0.05, 0) is 56.6 Å². The molecule has 148 valence electrons. The fraction of sp³-hybridized carbons (Fsp3) is 0.700. The molecule has 7 heteroatoms. The first-order valence-electron chi connectivity index (χ1n) is 10.1. The van der Waals surface area contributed by atoms with Crippen molar-refractivity contribution < 1.29 is 18.7 Å². The standard InChI is InChI=1S/C20H28FN3O3/c21-17-4-3-9-22-18(17)26-14-5-16-6-15-27-20(16)7-12-24(13-8-20)19(25)23-10-1-2-11-23/h3-4,9,16H,1-2,5-8,10-15H2. The summed E-state index contributed by atoms with van der Waals surface area (Å²) in [6.07, 6.45) is 7.32. The second kappa shape index (κ2) is 8.00. The van der Waals surface area contributed by atoms with Gasteiger partial charge in [0.25, 0.3) is 0 Å². The molecule has 6 nitrogen and oxygen atoms in total. The summed E-state index contributed by atoms with van der Waals surface area (Å²) in [5, 5.41) is 0. The fourth-order valence-electron chi connectivity index (χ4n) is 4.71. The van der Waals surface area contributed by atoms with E-state index in [1.165, 1.54) is 12.3 Å². The molecule has 27 heavy (non-hydrogen) atoms. The van der Waals surface area contributed by atoms with Gasteiger partial charge in [0.15, 0.2) is 5.82 Å². The molecule has 3 aliphatic heterocycles. The van der Waals surface area contributed by atoms with Crippen LogP contribution in [0.25, 0.3) is 0 Å². The van der Waals surface area contributed by atoms with Gasteiger partial charge in [0.1, 0.15) is 0 Å². The van der Waals surface area contributed by atoms with Crippen LogP contribution in [0.5, 0.6) is 5.88 Å². The molecular formula is C20H28FN3O3. The number of hydrogen-bond donors (Lipinski definition) is 0. The molecule has 1 aromatic rings. The van der Waals surface area contributed by atoms with E-state index in [-0.39, 0.29) is 17.5 Å². The number of nitrogens with zero attached hydrogens (tertiary/aromatic N) is 3. The maximum Gasteiger partial charge on any atom is 0.320 e. The topological polar surface area (TPSA) is 54.9 Å². The minimum atomic E-state index is -0.427. The lowest BCUT2D eigenvalue weighted by molar-refractivity contribution is -0.0646. The molecule has 1 spiro atoms. The van der Waals surface area contributed by atoms with Gasteiger partial charge in [0.2, 0.25) is 5.88 Å². The molecule has 1 atom stereocenters. The van der Waals surface area contributed by atoms with E-state index in [9.17, 15) is 9.18 Å². The van der Waals surface area contributed by atoms with Crippen molar-refractivity contribution in [2.75, 3.05) is 39.4 Å². The molecule has 2 amide bonds. The highest BCUT2D eigenvalue weighted by atomic mass is 19.1. The number of ether oxygens (including phenoxy) is 2. The van der Waals surface area contributed by atoms with E-state index < -0.39 is 5.82 Å². The Hall–Kier alpha value is -1.89. The Morgan fingerprint density at radius 1 is 1.26 bits per heavy atom. The third kappa shape index (κ3) is 3.88. The van der Waals surface area contributed by atoms with Gasteiger partial charge >= 0.3 is 6.03 Å². The van der Waals surface area contributed by atoms with Gasteiger partial charge in [-0.3, -0.25) is 0 Å². The number of carbonyl (C=O) groups is 1. The predicted molar refractivity (Wildman–Crippen MR) is 98.1 cm³/mol. The number of amides is 2. The number of aromatic nitrogens is 1. The zero-order valence-electron chi connectivity index (χ0n) is 15.7. The van der Waals surface area contributed by atoms with Crippen LogP contribution in [0.3, 0.4) is 0 Å². The van der Waals surface area contributed by atoms with E-state index in [0.717, 1.165) is 71.3 Å². The van der Waals surface area contributed by atoms with Crippen LogP contribution in [0, 0.1) is 11.7 Å². The van der Waals surface area contributed by atoms with Crippen molar-refractivity contribution in [2.45, 2.75) is 44.1 Å². The first kappa shape index (κ1) is 18.5. The quantitative estimate of drug-likeness (QED) is 0.809. The van der Waals surface area contributed by atoms with E-state index in [0.29, 0.717) is 12.5 Å². The van der Waals surface area contributed by atoms with Crippen LogP contribution in [0.4, 0.5) is 9.18 Å². The summed E-state index contributed by atoms with van der Waals surface area (Å²) in [4.78, 5) is 20.5. The van der Waals surface area contributed by atoms with Crippen molar-refractivity contribution in [3.05, 3.63) is 24.1 Å². The lowest BCUT2D eigenvalue weighted by Crippen LogP contribution is -2.52. The van der Waals surface area contributed by atoms with Crippen LogP contribution in [0.15, 0.2) is 18.3 Å². The van der Waals surface area contributed by atoms with E-state index in [1.54, 1.807) is 6.07 Å². The van der Waals surface area contributed by atoms with Crippen LogP contribution in [0.2, 0.25) is 0 Å². The molecule has 3 saturated heterocycles. The number of urea groups is 1. The van der Waals surface area contributed by atoms with Gasteiger partial charge in [0, 0.05) is 39.0 Å². The molecule has 4 heterocycles. The second-order valence-electron chi connectivity index (χ2n) is 7.79. The van der Waals surface area contributed by atoms with Gasteiger partial charge in [-0.15, -0.1) is 0 Å². The largest absolute Gasteiger partial charge is 0.476 e. The molecule has 0 N–H and O–H groups in total. The van der Waals surface area contributed by atoms with Crippen LogP contribution in [-0.2, 0) is 4.74 Å². The second-order valence-corrected chi connectivity index (χ2v) is 7.79. The minimum Gasteiger partial charge on any atom is -0.476 e.